The number of fused-ring (bicyclic) bond motifs is 1. The van der Waals surface area contributed by atoms with Crippen molar-refractivity contribution in [3.63, 3.8) is 0 Å². The highest BCUT2D eigenvalue weighted by molar-refractivity contribution is 5.76. The summed E-state index contributed by atoms with van der Waals surface area (Å²) < 4.78 is 17.9. The minimum Gasteiger partial charge on any atom is -0.493 e. The van der Waals surface area contributed by atoms with Crippen molar-refractivity contribution in [1.82, 2.24) is 24.6 Å². The van der Waals surface area contributed by atoms with Crippen molar-refractivity contribution in [1.29, 1.82) is 0 Å². The Bertz CT molecular complexity index is 1650. The van der Waals surface area contributed by atoms with Crippen LogP contribution in [0.15, 0.2) is 48.5 Å². The maximum Gasteiger partial charge on any atom is 0.410 e. The van der Waals surface area contributed by atoms with Gasteiger partial charge in [-0.1, -0.05) is 36.4 Å². The normalized spacial score (nSPS) is 14.4. The molecule has 11 nitrogen and oxygen atoms in total. The summed E-state index contributed by atoms with van der Waals surface area (Å²) in [6.45, 7) is 12.7. The molecule has 1 aliphatic heterocycles. The fraction of sp³-hybridized carbons (Fsp3) is 0.514. The second kappa shape index (κ2) is 14.8. The second-order valence-corrected chi connectivity index (χ2v) is 14.5. The average molecular weight is 660 g/mol. The number of nitrogens with zero attached hydrogens (tertiary/aromatic N) is 4. The number of imidazole rings is 1. The molecule has 4 aromatic rings. The number of aryl methyl sites for hydroxylation is 2. The van der Waals surface area contributed by atoms with Gasteiger partial charge in [0.15, 0.2) is 0 Å². The highest BCUT2D eigenvalue weighted by Crippen LogP contribution is 2.36. The van der Waals surface area contributed by atoms with E-state index in [1.54, 1.807) is 4.90 Å². The van der Waals surface area contributed by atoms with Crippen molar-refractivity contribution in [3.05, 3.63) is 70.9 Å². The van der Waals surface area contributed by atoms with E-state index in [0.717, 1.165) is 60.0 Å². The molecule has 48 heavy (non-hydrogen) atoms. The highest BCUT2D eigenvalue weighted by Gasteiger charge is 2.32. The Morgan fingerprint density at radius 1 is 0.896 bits per heavy atom. The molecule has 258 valence electrons. The molecule has 2 aromatic carbocycles. The standard InChI is InChI=1S/C37H49N5O6/c1-36(2,3)47-31(43)24-46-23-9-10-25-13-15-26(16-14-25)17-18-28-32(27-19-21-41(22-20-27)35(45)48-37(4,5)6)40-42(33(28)44)34-38-29-11-7-8-12-30(29)39-34/h7-8,11-16,27,44H,9-10,17-24H2,1-6H3,(H,38,39). The fourth-order valence-electron chi connectivity index (χ4n) is 5.92. The summed E-state index contributed by atoms with van der Waals surface area (Å²) in [4.78, 5) is 34.2. The molecule has 1 saturated heterocycles. The smallest absolute Gasteiger partial charge is 0.410 e. The van der Waals surface area contributed by atoms with E-state index in [9.17, 15) is 14.7 Å². The molecule has 0 atom stereocenters. The van der Waals surface area contributed by atoms with Crippen molar-refractivity contribution in [3.8, 4) is 11.8 Å². The van der Waals surface area contributed by atoms with E-state index in [2.05, 4.69) is 34.2 Å². The number of nitrogens with one attached hydrogen (secondary N) is 1. The number of amides is 1. The van der Waals surface area contributed by atoms with Crippen LogP contribution in [0.1, 0.15) is 89.1 Å². The lowest BCUT2D eigenvalue weighted by atomic mass is 9.89. The van der Waals surface area contributed by atoms with E-state index in [4.69, 9.17) is 19.3 Å². The van der Waals surface area contributed by atoms with E-state index in [1.807, 2.05) is 65.8 Å². The van der Waals surface area contributed by atoms with Crippen LogP contribution in [0.25, 0.3) is 17.0 Å². The zero-order chi connectivity index (χ0) is 34.5. The topological polar surface area (TPSA) is 132 Å². The van der Waals surface area contributed by atoms with Gasteiger partial charge in [0, 0.05) is 31.2 Å². The van der Waals surface area contributed by atoms with Gasteiger partial charge in [0.2, 0.25) is 11.8 Å². The molecule has 0 radical (unpaired) electrons. The number of hydrogen-bond donors (Lipinski definition) is 2. The van der Waals surface area contributed by atoms with Crippen LogP contribution in [0.2, 0.25) is 0 Å². The first kappa shape index (κ1) is 34.9. The van der Waals surface area contributed by atoms with Crippen LogP contribution < -0.4 is 0 Å². The first-order valence-corrected chi connectivity index (χ1v) is 16.9. The number of aromatic nitrogens is 4. The maximum atomic E-state index is 12.7. The number of likely N-dealkylation sites (tertiary alicyclic amines) is 1. The largest absolute Gasteiger partial charge is 0.493 e. The van der Waals surface area contributed by atoms with Crippen LogP contribution >= 0.6 is 0 Å². The van der Waals surface area contributed by atoms with E-state index >= 15 is 0 Å². The number of ether oxygens (including phenoxy) is 3. The van der Waals surface area contributed by atoms with Gasteiger partial charge in [-0.2, -0.15) is 9.78 Å². The third-order valence-corrected chi connectivity index (χ3v) is 8.18. The maximum absolute atomic E-state index is 12.7. The van der Waals surface area contributed by atoms with Crippen molar-refractivity contribution < 1.29 is 28.9 Å². The third-order valence-electron chi connectivity index (χ3n) is 8.18. The van der Waals surface area contributed by atoms with Crippen molar-refractivity contribution in [2.24, 2.45) is 0 Å². The van der Waals surface area contributed by atoms with E-state index < -0.39 is 11.2 Å². The summed E-state index contributed by atoms with van der Waals surface area (Å²) in [6.07, 6.45) is 4.11. The van der Waals surface area contributed by atoms with E-state index in [1.165, 1.54) is 10.2 Å². The van der Waals surface area contributed by atoms with Gasteiger partial charge in [-0.15, -0.1) is 0 Å². The van der Waals surface area contributed by atoms with Crippen LogP contribution in [0.3, 0.4) is 0 Å². The molecule has 0 bridgehead atoms. The van der Waals surface area contributed by atoms with Gasteiger partial charge in [0.1, 0.15) is 17.8 Å². The summed E-state index contributed by atoms with van der Waals surface area (Å²) in [5.41, 5.74) is 4.60. The average Bonchev–Trinajstić information content (AvgIpc) is 3.59. The molecule has 11 heteroatoms. The summed E-state index contributed by atoms with van der Waals surface area (Å²) in [7, 11) is 0. The lowest BCUT2D eigenvalue weighted by Gasteiger charge is -2.33. The van der Waals surface area contributed by atoms with Gasteiger partial charge in [-0.25, -0.2) is 14.6 Å². The third kappa shape index (κ3) is 9.37. The molecular weight excluding hydrogens is 610 g/mol. The number of esters is 1. The van der Waals surface area contributed by atoms with Crippen molar-refractivity contribution in [2.45, 2.75) is 97.2 Å². The van der Waals surface area contributed by atoms with Crippen LogP contribution in [0, 0.1) is 0 Å². The Morgan fingerprint density at radius 3 is 2.19 bits per heavy atom. The van der Waals surface area contributed by atoms with E-state index in [0.29, 0.717) is 32.1 Å². The van der Waals surface area contributed by atoms with Crippen molar-refractivity contribution in [2.75, 3.05) is 26.3 Å². The van der Waals surface area contributed by atoms with E-state index in [-0.39, 0.29) is 30.5 Å². The predicted octanol–water partition coefficient (Wildman–Crippen LogP) is 6.64. The minimum atomic E-state index is -0.548. The molecule has 1 fully saturated rings. The molecule has 1 amide bonds. The Kier molecular flexibility index (Phi) is 10.8. The Labute approximate surface area is 282 Å². The number of H-pyrrole nitrogens is 1. The number of para-hydroxylation sites is 2. The fourth-order valence-corrected chi connectivity index (χ4v) is 5.92. The number of hydrogen-bond acceptors (Lipinski definition) is 8. The SMILES string of the molecule is CC(C)(C)OC(=O)COCCCc1ccc(CCc2c(C3CCN(C(=O)OC(C)(C)C)CC3)nn(-c3nc4ccccc4[nH]3)c2O)cc1. The Balaban J connectivity index is 1.24. The Hall–Kier alpha value is -4.38. The van der Waals surface area contributed by atoms with Gasteiger partial charge in [-0.3, -0.25) is 0 Å². The lowest BCUT2D eigenvalue weighted by Crippen LogP contribution is -2.41. The zero-order valence-electron chi connectivity index (χ0n) is 29.0. The van der Waals surface area contributed by atoms with Gasteiger partial charge < -0.3 is 29.2 Å². The first-order valence-electron chi connectivity index (χ1n) is 16.9. The predicted molar refractivity (Wildman–Crippen MR) is 183 cm³/mol. The monoisotopic (exact) mass is 659 g/mol. The van der Waals surface area contributed by atoms with Gasteiger partial charge in [0.25, 0.3) is 0 Å². The highest BCUT2D eigenvalue weighted by atomic mass is 16.6. The summed E-state index contributed by atoms with van der Waals surface area (Å²) in [5, 5.41) is 16.5. The van der Waals surface area contributed by atoms with Gasteiger partial charge in [-0.05, 0) is 103 Å². The number of aromatic hydroxyl groups is 1. The quantitative estimate of drug-likeness (QED) is 0.135. The molecular formula is C37H49N5O6. The molecule has 2 N–H and O–H groups in total. The molecule has 0 spiro atoms. The molecule has 0 unspecified atom stereocenters. The van der Waals surface area contributed by atoms with Crippen LogP contribution in [-0.2, 0) is 38.3 Å². The zero-order valence-corrected chi connectivity index (χ0v) is 29.0. The number of rotatable bonds is 11. The molecule has 2 aromatic heterocycles. The molecule has 5 rings (SSSR count). The minimum absolute atomic E-state index is 0.0409. The molecule has 1 aliphatic rings. The summed E-state index contributed by atoms with van der Waals surface area (Å²) in [5.74, 6) is 0.277. The van der Waals surface area contributed by atoms with Crippen LogP contribution in [-0.4, -0.2) is 79.3 Å². The number of carbonyl (C=O) groups is 2. The number of benzene rings is 2. The van der Waals surface area contributed by atoms with Gasteiger partial charge >= 0.3 is 12.1 Å². The molecule has 0 aliphatic carbocycles. The van der Waals surface area contributed by atoms with Crippen LogP contribution in [0.5, 0.6) is 5.88 Å². The van der Waals surface area contributed by atoms with Gasteiger partial charge in [0.05, 0.1) is 16.7 Å². The number of carbonyl (C=O) groups excluding carboxylic acids is 2. The molecule has 3 heterocycles. The summed E-state index contributed by atoms with van der Waals surface area (Å²) >= 11 is 0. The first-order chi connectivity index (χ1) is 22.8. The number of aromatic amines is 1. The van der Waals surface area contributed by atoms with Crippen molar-refractivity contribution >= 4 is 23.1 Å². The summed E-state index contributed by atoms with van der Waals surface area (Å²) in [6, 6.07) is 16.2. The second-order valence-electron chi connectivity index (χ2n) is 14.5. The lowest BCUT2D eigenvalue weighted by molar-refractivity contribution is -0.160. The van der Waals surface area contributed by atoms with Crippen LogP contribution in [0.4, 0.5) is 4.79 Å². The Morgan fingerprint density at radius 2 is 1.54 bits per heavy atom. The molecule has 0 saturated carbocycles. The number of piperidine rings is 1.